The molecule has 2 rings (SSSR count). The van der Waals surface area contributed by atoms with Crippen molar-refractivity contribution in [2.75, 3.05) is 19.0 Å². The van der Waals surface area contributed by atoms with E-state index in [0.29, 0.717) is 18.0 Å². The summed E-state index contributed by atoms with van der Waals surface area (Å²) in [5.41, 5.74) is 3.39. The fourth-order valence-corrected chi connectivity index (χ4v) is 2.69. The Morgan fingerprint density at radius 1 is 1.27 bits per heavy atom. The van der Waals surface area contributed by atoms with Gasteiger partial charge >= 0.3 is 0 Å². The second-order valence-corrected chi connectivity index (χ2v) is 5.68. The number of halogens is 1. The van der Waals surface area contributed by atoms with E-state index in [1.54, 1.807) is 7.11 Å². The third kappa shape index (κ3) is 4.19. The summed E-state index contributed by atoms with van der Waals surface area (Å²) in [7, 11) is 1.61. The lowest BCUT2D eigenvalue weighted by atomic mass is 10.2. The summed E-state index contributed by atoms with van der Waals surface area (Å²) < 4.78 is 11.7. The highest BCUT2D eigenvalue weighted by molar-refractivity contribution is 9.10. The van der Waals surface area contributed by atoms with Crippen molar-refractivity contribution in [3.63, 3.8) is 0 Å². The first-order valence-corrected chi connectivity index (χ1v) is 7.66. The summed E-state index contributed by atoms with van der Waals surface area (Å²) in [6.45, 7) is 2.96. The number of ether oxygens (including phenoxy) is 2. The van der Waals surface area contributed by atoms with Gasteiger partial charge in [0.1, 0.15) is 6.61 Å². The van der Waals surface area contributed by atoms with E-state index in [9.17, 15) is 0 Å². The molecule has 2 aromatic carbocycles. The molecule has 0 aromatic heterocycles. The maximum absolute atomic E-state index is 5.51. The Labute approximate surface area is 139 Å². The standard InChI is InChI=1S/C18H18BrNO2/c1-4-8-22-18-16(19)10-14(11-17(18)21-3)12-20-15-7-5-6-13(2)9-15/h1,5-7,9-11,20H,8,12H2,2-3H3. The van der Waals surface area contributed by atoms with Gasteiger partial charge in [0.2, 0.25) is 0 Å². The van der Waals surface area contributed by atoms with Gasteiger partial charge in [0.25, 0.3) is 0 Å². The monoisotopic (exact) mass is 359 g/mol. The predicted octanol–water partition coefficient (Wildman–Crippen LogP) is 4.39. The van der Waals surface area contributed by atoms with Crippen molar-refractivity contribution >= 4 is 21.6 Å². The third-order valence-electron chi connectivity index (χ3n) is 3.10. The SMILES string of the molecule is C#CCOc1c(Br)cc(CNc2cccc(C)c2)cc1OC. The molecule has 1 N–H and O–H groups in total. The number of hydrogen-bond acceptors (Lipinski definition) is 3. The van der Waals surface area contributed by atoms with Gasteiger partial charge in [-0.1, -0.05) is 18.1 Å². The smallest absolute Gasteiger partial charge is 0.176 e. The zero-order valence-corrected chi connectivity index (χ0v) is 14.2. The fourth-order valence-electron chi connectivity index (χ4n) is 2.09. The fraction of sp³-hybridized carbons (Fsp3) is 0.222. The summed E-state index contributed by atoms with van der Waals surface area (Å²) in [6.07, 6.45) is 5.23. The van der Waals surface area contributed by atoms with Gasteiger partial charge in [0.15, 0.2) is 11.5 Å². The zero-order chi connectivity index (χ0) is 15.9. The van der Waals surface area contributed by atoms with E-state index in [-0.39, 0.29) is 6.61 Å². The molecule has 0 aliphatic rings. The number of benzene rings is 2. The van der Waals surface area contributed by atoms with Crippen LogP contribution in [0, 0.1) is 19.3 Å². The number of rotatable bonds is 6. The van der Waals surface area contributed by atoms with Crippen molar-refractivity contribution in [2.45, 2.75) is 13.5 Å². The zero-order valence-electron chi connectivity index (χ0n) is 12.7. The molecule has 0 spiro atoms. The van der Waals surface area contributed by atoms with Crippen LogP contribution in [0.1, 0.15) is 11.1 Å². The van der Waals surface area contributed by atoms with Gasteiger partial charge in [-0.3, -0.25) is 0 Å². The second kappa shape index (κ2) is 7.77. The van der Waals surface area contributed by atoms with Crippen molar-refractivity contribution in [1.82, 2.24) is 0 Å². The Bertz CT molecular complexity index is 692. The highest BCUT2D eigenvalue weighted by Gasteiger charge is 2.11. The maximum Gasteiger partial charge on any atom is 0.176 e. The Kier molecular flexibility index (Phi) is 5.74. The molecule has 2 aromatic rings. The molecule has 0 aliphatic heterocycles. The molecule has 0 saturated heterocycles. The van der Waals surface area contributed by atoms with Crippen LogP contribution in [0.4, 0.5) is 5.69 Å². The molecule has 0 bridgehead atoms. The van der Waals surface area contributed by atoms with Crippen LogP contribution in [0.5, 0.6) is 11.5 Å². The number of hydrogen-bond donors (Lipinski definition) is 1. The molecule has 0 atom stereocenters. The molecule has 0 amide bonds. The van der Waals surface area contributed by atoms with E-state index < -0.39 is 0 Å². The number of anilines is 1. The highest BCUT2D eigenvalue weighted by atomic mass is 79.9. The van der Waals surface area contributed by atoms with Gasteiger partial charge in [-0.25, -0.2) is 0 Å². The Morgan fingerprint density at radius 2 is 2.09 bits per heavy atom. The van der Waals surface area contributed by atoms with Crippen molar-refractivity contribution in [2.24, 2.45) is 0 Å². The first kappa shape index (κ1) is 16.3. The quantitative estimate of drug-likeness (QED) is 0.775. The largest absolute Gasteiger partial charge is 0.493 e. The molecule has 4 heteroatoms. The summed E-state index contributed by atoms with van der Waals surface area (Å²) in [6, 6.07) is 12.2. The van der Waals surface area contributed by atoms with Crippen LogP contribution < -0.4 is 14.8 Å². The first-order chi connectivity index (χ1) is 10.6. The van der Waals surface area contributed by atoms with Crippen LogP contribution in [0.3, 0.4) is 0 Å². The maximum atomic E-state index is 5.51. The molecular weight excluding hydrogens is 342 g/mol. The molecule has 0 fully saturated rings. The molecule has 0 aliphatic carbocycles. The van der Waals surface area contributed by atoms with E-state index in [1.807, 2.05) is 24.3 Å². The van der Waals surface area contributed by atoms with E-state index in [1.165, 1.54) is 5.56 Å². The minimum atomic E-state index is 0.204. The van der Waals surface area contributed by atoms with Crippen LogP contribution in [0.2, 0.25) is 0 Å². The van der Waals surface area contributed by atoms with Gasteiger partial charge in [-0.05, 0) is 58.2 Å². The number of aryl methyl sites for hydroxylation is 1. The third-order valence-corrected chi connectivity index (χ3v) is 3.69. The number of nitrogens with one attached hydrogen (secondary N) is 1. The van der Waals surface area contributed by atoms with Crippen molar-refractivity contribution in [3.8, 4) is 23.8 Å². The molecule has 0 heterocycles. The van der Waals surface area contributed by atoms with Crippen LogP contribution >= 0.6 is 15.9 Å². The average molecular weight is 360 g/mol. The lowest BCUT2D eigenvalue weighted by Gasteiger charge is -2.14. The van der Waals surface area contributed by atoms with E-state index >= 15 is 0 Å². The lowest BCUT2D eigenvalue weighted by molar-refractivity contribution is 0.328. The summed E-state index contributed by atoms with van der Waals surface area (Å²) in [4.78, 5) is 0. The van der Waals surface area contributed by atoms with Crippen LogP contribution in [0.15, 0.2) is 40.9 Å². The predicted molar refractivity (Wildman–Crippen MR) is 93.5 cm³/mol. The van der Waals surface area contributed by atoms with Crippen LogP contribution in [-0.4, -0.2) is 13.7 Å². The summed E-state index contributed by atoms with van der Waals surface area (Å²) >= 11 is 3.51. The summed E-state index contributed by atoms with van der Waals surface area (Å²) in [5, 5.41) is 3.39. The normalized spacial score (nSPS) is 9.91. The summed E-state index contributed by atoms with van der Waals surface area (Å²) in [5.74, 6) is 3.73. The Hall–Kier alpha value is -2.12. The van der Waals surface area contributed by atoms with Gasteiger partial charge in [0, 0.05) is 12.2 Å². The number of terminal acetylenes is 1. The molecule has 3 nitrogen and oxygen atoms in total. The molecule has 114 valence electrons. The molecule has 0 unspecified atom stereocenters. The number of methoxy groups -OCH3 is 1. The van der Waals surface area contributed by atoms with Crippen LogP contribution in [0.25, 0.3) is 0 Å². The van der Waals surface area contributed by atoms with Gasteiger partial charge in [-0.2, -0.15) is 0 Å². The van der Waals surface area contributed by atoms with Gasteiger partial charge in [-0.15, -0.1) is 6.42 Å². The Balaban J connectivity index is 2.15. The molecule has 0 saturated carbocycles. The van der Waals surface area contributed by atoms with Crippen molar-refractivity contribution in [3.05, 3.63) is 52.0 Å². The van der Waals surface area contributed by atoms with Crippen LogP contribution in [-0.2, 0) is 6.54 Å². The van der Waals surface area contributed by atoms with Gasteiger partial charge in [0.05, 0.1) is 11.6 Å². The topological polar surface area (TPSA) is 30.5 Å². The minimum Gasteiger partial charge on any atom is -0.493 e. The minimum absolute atomic E-state index is 0.204. The van der Waals surface area contributed by atoms with E-state index in [0.717, 1.165) is 15.7 Å². The van der Waals surface area contributed by atoms with Gasteiger partial charge < -0.3 is 14.8 Å². The van der Waals surface area contributed by atoms with E-state index in [2.05, 4.69) is 46.2 Å². The highest BCUT2D eigenvalue weighted by Crippen LogP contribution is 2.36. The lowest BCUT2D eigenvalue weighted by Crippen LogP contribution is -2.02. The van der Waals surface area contributed by atoms with Crippen molar-refractivity contribution in [1.29, 1.82) is 0 Å². The molecule has 22 heavy (non-hydrogen) atoms. The molecular formula is C18H18BrNO2. The van der Waals surface area contributed by atoms with Crippen molar-refractivity contribution < 1.29 is 9.47 Å². The molecule has 0 radical (unpaired) electrons. The van der Waals surface area contributed by atoms with E-state index in [4.69, 9.17) is 15.9 Å². The average Bonchev–Trinajstić information content (AvgIpc) is 2.51. The second-order valence-electron chi connectivity index (χ2n) is 4.82. The first-order valence-electron chi connectivity index (χ1n) is 6.87. The Morgan fingerprint density at radius 3 is 2.77 bits per heavy atom.